The molecule has 0 radical (unpaired) electrons. The molecule has 1 saturated heterocycles. The number of hydrogen-bond acceptors (Lipinski definition) is 6. The predicted molar refractivity (Wildman–Crippen MR) is 120 cm³/mol. The lowest BCUT2D eigenvalue weighted by Gasteiger charge is -2.32. The van der Waals surface area contributed by atoms with E-state index < -0.39 is 5.82 Å². The number of hydrogen-bond donors (Lipinski definition) is 1. The van der Waals surface area contributed by atoms with Crippen molar-refractivity contribution < 1.29 is 18.3 Å². The molecule has 1 aliphatic rings. The van der Waals surface area contributed by atoms with Crippen LogP contribution in [0.3, 0.4) is 0 Å². The number of oxazole rings is 1. The highest BCUT2D eigenvalue weighted by Crippen LogP contribution is 2.30. The number of fused-ring (bicyclic) bond motifs is 1. The number of piperidine rings is 1. The monoisotopic (exact) mass is 447 g/mol. The maximum absolute atomic E-state index is 14.5. The molecule has 2 aromatic carbocycles. The second kappa shape index (κ2) is 9.75. The molecular weight excluding hydrogens is 421 g/mol. The van der Waals surface area contributed by atoms with E-state index in [9.17, 15) is 4.39 Å². The normalized spacial score (nSPS) is 15.4. The van der Waals surface area contributed by atoms with Gasteiger partial charge < -0.3 is 19.2 Å². The minimum atomic E-state index is -0.435. The highest BCUT2D eigenvalue weighted by Gasteiger charge is 2.22. The van der Waals surface area contributed by atoms with Crippen LogP contribution in [0, 0.1) is 5.82 Å². The molecule has 6 nitrogen and oxygen atoms in total. The van der Waals surface area contributed by atoms with Crippen molar-refractivity contribution in [2.45, 2.75) is 39.3 Å². The molecule has 0 unspecified atom stereocenters. The number of likely N-dealkylation sites (tertiary alicyclic amines) is 1. The summed E-state index contributed by atoms with van der Waals surface area (Å²) in [5.41, 5.74) is 2.45. The molecule has 0 saturated carbocycles. The van der Waals surface area contributed by atoms with Gasteiger partial charge in [0, 0.05) is 30.7 Å². The Labute approximate surface area is 186 Å². The maximum atomic E-state index is 14.5. The number of halogens is 2. The summed E-state index contributed by atoms with van der Waals surface area (Å²) in [6.07, 6.45) is 1.91. The largest absolute Gasteiger partial charge is 0.491 e. The molecule has 0 bridgehead atoms. The molecule has 3 aromatic rings. The fourth-order valence-electron chi connectivity index (χ4n) is 3.87. The molecule has 0 atom stereocenters. The second-order valence-corrected chi connectivity index (χ2v) is 8.03. The first-order valence-electron chi connectivity index (χ1n) is 10.7. The zero-order chi connectivity index (χ0) is 21.8. The quantitative estimate of drug-likeness (QED) is 0.492. The van der Waals surface area contributed by atoms with Crippen LogP contribution in [0.15, 0.2) is 34.7 Å². The van der Waals surface area contributed by atoms with E-state index in [0.29, 0.717) is 30.8 Å². The van der Waals surface area contributed by atoms with Gasteiger partial charge in [0.05, 0.1) is 13.2 Å². The van der Waals surface area contributed by atoms with Crippen molar-refractivity contribution in [2.24, 2.45) is 0 Å². The van der Waals surface area contributed by atoms with Crippen LogP contribution in [0.5, 0.6) is 11.5 Å². The third-order valence-corrected chi connectivity index (χ3v) is 5.57. The van der Waals surface area contributed by atoms with E-state index in [0.717, 1.165) is 42.6 Å². The SMILES string of the molecule is CCOc1cc(CN2CCC(Nc3nc4cc(Cl)ccc4o3)CC2)cc(OCC)c1F. The molecule has 31 heavy (non-hydrogen) atoms. The highest BCUT2D eigenvalue weighted by atomic mass is 35.5. The molecule has 1 aromatic heterocycles. The van der Waals surface area contributed by atoms with Gasteiger partial charge in [-0.15, -0.1) is 0 Å². The zero-order valence-corrected chi connectivity index (χ0v) is 18.5. The van der Waals surface area contributed by atoms with Gasteiger partial charge in [-0.2, -0.15) is 9.37 Å². The van der Waals surface area contributed by atoms with Crippen LogP contribution in [-0.4, -0.2) is 42.2 Å². The molecule has 1 aliphatic heterocycles. The number of benzene rings is 2. The Hall–Kier alpha value is -2.51. The van der Waals surface area contributed by atoms with Gasteiger partial charge in [-0.05, 0) is 62.6 Å². The van der Waals surface area contributed by atoms with Crippen LogP contribution < -0.4 is 14.8 Å². The average Bonchev–Trinajstić information content (AvgIpc) is 3.14. The van der Waals surface area contributed by atoms with E-state index in [-0.39, 0.29) is 17.5 Å². The number of anilines is 1. The fourth-order valence-corrected chi connectivity index (χ4v) is 4.04. The van der Waals surface area contributed by atoms with Crippen molar-refractivity contribution in [1.82, 2.24) is 9.88 Å². The first kappa shape index (κ1) is 21.7. The fraction of sp³-hybridized carbons (Fsp3) is 0.435. The Kier molecular flexibility index (Phi) is 6.83. The molecule has 2 heterocycles. The van der Waals surface area contributed by atoms with Gasteiger partial charge in [0.25, 0.3) is 6.01 Å². The Morgan fingerprint density at radius 1 is 1.13 bits per heavy atom. The first-order valence-corrected chi connectivity index (χ1v) is 11.1. The summed E-state index contributed by atoms with van der Waals surface area (Å²) in [6, 6.07) is 9.77. The van der Waals surface area contributed by atoms with E-state index in [4.69, 9.17) is 25.5 Å². The van der Waals surface area contributed by atoms with Gasteiger partial charge in [0.15, 0.2) is 17.1 Å². The third kappa shape index (κ3) is 5.22. The maximum Gasteiger partial charge on any atom is 0.295 e. The number of rotatable bonds is 8. The van der Waals surface area contributed by atoms with Gasteiger partial charge in [0.2, 0.25) is 5.82 Å². The van der Waals surface area contributed by atoms with Crippen LogP contribution in [0.1, 0.15) is 32.3 Å². The van der Waals surface area contributed by atoms with Gasteiger partial charge in [-0.25, -0.2) is 0 Å². The predicted octanol–water partition coefficient (Wildman–Crippen LogP) is 5.49. The van der Waals surface area contributed by atoms with E-state index >= 15 is 0 Å². The third-order valence-electron chi connectivity index (χ3n) is 5.34. The Bertz CT molecular complexity index is 1010. The Morgan fingerprint density at radius 3 is 2.45 bits per heavy atom. The lowest BCUT2D eigenvalue weighted by atomic mass is 10.0. The molecule has 166 valence electrons. The molecular formula is C23H27ClFN3O3. The van der Waals surface area contributed by atoms with Gasteiger partial charge in [-0.3, -0.25) is 4.90 Å². The van der Waals surface area contributed by atoms with E-state index in [1.54, 1.807) is 24.3 Å². The van der Waals surface area contributed by atoms with Crippen molar-refractivity contribution in [3.05, 3.63) is 46.7 Å². The number of nitrogens with zero attached hydrogens (tertiary/aromatic N) is 2. The zero-order valence-electron chi connectivity index (χ0n) is 17.8. The number of ether oxygens (including phenoxy) is 2. The van der Waals surface area contributed by atoms with Crippen molar-refractivity contribution >= 4 is 28.7 Å². The molecule has 8 heteroatoms. The van der Waals surface area contributed by atoms with Crippen molar-refractivity contribution in [3.8, 4) is 11.5 Å². The number of aromatic nitrogens is 1. The van der Waals surface area contributed by atoms with Gasteiger partial charge >= 0.3 is 0 Å². The molecule has 0 spiro atoms. The molecule has 4 rings (SSSR count). The Balaban J connectivity index is 1.36. The van der Waals surface area contributed by atoms with Gasteiger partial charge in [-0.1, -0.05) is 11.6 Å². The van der Waals surface area contributed by atoms with Crippen LogP contribution >= 0.6 is 11.6 Å². The summed E-state index contributed by atoms with van der Waals surface area (Å²) in [7, 11) is 0. The Morgan fingerprint density at radius 2 is 1.81 bits per heavy atom. The van der Waals surface area contributed by atoms with E-state index in [1.165, 1.54) is 0 Å². The van der Waals surface area contributed by atoms with Crippen molar-refractivity contribution in [3.63, 3.8) is 0 Å². The summed E-state index contributed by atoms with van der Waals surface area (Å²) in [6.45, 7) is 7.04. The molecule has 1 fully saturated rings. The first-order chi connectivity index (χ1) is 15.1. The average molecular weight is 448 g/mol. The smallest absolute Gasteiger partial charge is 0.295 e. The minimum absolute atomic E-state index is 0.246. The summed E-state index contributed by atoms with van der Waals surface area (Å²) < 4.78 is 31.2. The van der Waals surface area contributed by atoms with Crippen molar-refractivity contribution in [1.29, 1.82) is 0 Å². The lowest BCUT2D eigenvalue weighted by molar-refractivity contribution is 0.209. The van der Waals surface area contributed by atoms with Crippen molar-refractivity contribution in [2.75, 3.05) is 31.6 Å². The van der Waals surface area contributed by atoms with Crippen LogP contribution in [0.4, 0.5) is 10.4 Å². The molecule has 1 N–H and O–H groups in total. The van der Waals surface area contributed by atoms with Crippen LogP contribution in [-0.2, 0) is 6.54 Å². The number of nitrogens with one attached hydrogen (secondary N) is 1. The summed E-state index contributed by atoms with van der Waals surface area (Å²) in [5, 5.41) is 4.04. The van der Waals surface area contributed by atoms with Crippen LogP contribution in [0.25, 0.3) is 11.1 Å². The van der Waals surface area contributed by atoms with Gasteiger partial charge in [0.1, 0.15) is 5.52 Å². The standard InChI is InChI=1S/C23H27ClFN3O3/c1-3-29-20-11-15(12-21(22(20)25)30-4-2)14-28-9-7-17(8-10-28)26-23-27-18-13-16(24)5-6-19(18)31-23/h5-6,11-13,17H,3-4,7-10,14H2,1-2H3,(H,26,27). The lowest BCUT2D eigenvalue weighted by Crippen LogP contribution is -2.38. The summed E-state index contributed by atoms with van der Waals surface area (Å²) in [5.74, 6) is 0.0575. The minimum Gasteiger partial charge on any atom is -0.491 e. The van der Waals surface area contributed by atoms with E-state index in [1.807, 2.05) is 19.9 Å². The topological polar surface area (TPSA) is 59.8 Å². The summed E-state index contributed by atoms with van der Waals surface area (Å²) >= 11 is 6.02. The second-order valence-electron chi connectivity index (χ2n) is 7.60. The van der Waals surface area contributed by atoms with Crippen LogP contribution in [0.2, 0.25) is 5.02 Å². The molecule has 0 aliphatic carbocycles. The summed E-state index contributed by atoms with van der Waals surface area (Å²) in [4.78, 5) is 6.83. The highest BCUT2D eigenvalue weighted by molar-refractivity contribution is 6.31. The van der Waals surface area contributed by atoms with E-state index in [2.05, 4.69) is 15.2 Å². The molecule has 0 amide bonds.